The minimum Gasteiger partial charge on any atom is -0.450 e. The molecule has 32 heavy (non-hydrogen) atoms. The van der Waals surface area contributed by atoms with Crippen LogP contribution in [0.3, 0.4) is 0 Å². The predicted molar refractivity (Wildman–Crippen MR) is 144 cm³/mol. The Kier molecular flexibility index (Phi) is 6.44. The van der Waals surface area contributed by atoms with E-state index in [1.54, 1.807) is 12.3 Å². The number of nitrogens with one attached hydrogen (secondary N) is 1. The Morgan fingerprint density at radius 2 is 2.06 bits per heavy atom. The molecule has 1 aliphatic rings. The zero-order valence-corrected chi connectivity index (χ0v) is 22.6. The van der Waals surface area contributed by atoms with Gasteiger partial charge in [-0.1, -0.05) is 33.6 Å². The molecule has 3 aromatic rings. The molecule has 2 aromatic carbocycles. The van der Waals surface area contributed by atoms with Crippen LogP contribution >= 0.6 is 50.1 Å². The molecule has 0 atom stereocenters. The number of fused-ring (bicyclic) bond motifs is 2. The van der Waals surface area contributed by atoms with Gasteiger partial charge in [0.1, 0.15) is 5.58 Å². The Hall–Kier alpha value is -1.84. The number of hydrazone groups is 1. The molecule has 8 heteroatoms. The first kappa shape index (κ1) is 23.3. The van der Waals surface area contributed by atoms with Crippen LogP contribution in [-0.2, 0) is 0 Å². The third-order valence-corrected chi connectivity index (χ3v) is 7.13. The van der Waals surface area contributed by atoms with E-state index in [1.807, 2.05) is 24.3 Å². The van der Waals surface area contributed by atoms with E-state index >= 15 is 0 Å². The van der Waals surface area contributed by atoms with Crippen molar-refractivity contribution in [3.63, 3.8) is 0 Å². The van der Waals surface area contributed by atoms with Crippen LogP contribution in [0.2, 0.25) is 5.02 Å². The molecular formula is C24H22BrClIN3O2. The molecule has 5 nitrogen and oxygen atoms in total. The molecule has 1 aromatic heterocycles. The lowest BCUT2D eigenvalue weighted by molar-refractivity contribution is 0.0929. The molecule has 4 rings (SSSR count). The fourth-order valence-corrected chi connectivity index (χ4v) is 6.06. The summed E-state index contributed by atoms with van der Waals surface area (Å²) in [5.74, 6) is -0.224. The molecule has 0 unspecified atom stereocenters. The van der Waals surface area contributed by atoms with Crippen LogP contribution in [0.15, 0.2) is 50.4 Å². The molecule has 0 radical (unpaired) electrons. The normalized spacial score (nSPS) is 15.2. The number of furan rings is 1. The van der Waals surface area contributed by atoms with Crippen molar-refractivity contribution < 1.29 is 9.21 Å². The summed E-state index contributed by atoms with van der Waals surface area (Å²) < 4.78 is 7.57. The highest BCUT2D eigenvalue weighted by Crippen LogP contribution is 2.41. The first-order valence-electron chi connectivity index (χ1n) is 10.1. The van der Waals surface area contributed by atoms with Crippen molar-refractivity contribution in [2.75, 3.05) is 11.4 Å². The van der Waals surface area contributed by atoms with Crippen molar-refractivity contribution >= 4 is 84.5 Å². The monoisotopic (exact) mass is 625 g/mol. The SMILES string of the molecule is CCN1c2cc(Cl)c(/C=N\NC(=O)c3cc4cc(Br)cc(I)c4o3)cc2C(C)=CC1(C)C. The lowest BCUT2D eigenvalue weighted by Crippen LogP contribution is -2.44. The highest BCUT2D eigenvalue weighted by Gasteiger charge is 2.30. The standard InChI is InChI=1S/C24H22BrClIN3O2/c1-5-30-20-10-18(26)15(7-17(20)13(2)11-24(30,3)4)12-28-29-23(31)21-8-14-6-16(25)9-19(27)22(14)32-21/h6-12H,5H2,1-4H3,(H,29,31)/b28-12-. The lowest BCUT2D eigenvalue weighted by Gasteiger charge is -2.43. The molecule has 1 N–H and O–H groups in total. The van der Waals surface area contributed by atoms with Crippen molar-refractivity contribution in [1.29, 1.82) is 0 Å². The van der Waals surface area contributed by atoms with Gasteiger partial charge in [-0.3, -0.25) is 4.79 Å². The highest BCUT2D eigenvalue weighted by molar-refractivity contribution is 14.1. The number of likely N-dealkylation sites (N-methyl/N-ethyl adjacent to an activating group) is 1. The fourth-order valence-electron chi connectivity index (χ4n) is 4.19. The average Bonchev–Trinajstić information content (AvgIpc) is 3.13. The predicted octanol–water partition coefficient (Wildman–Crippen LogP) is 7.24. The summed E-state index contributed by atoms with van der Waals surface area (Å²) >= 11 is 12.2. The van der Waals surface area contributed by atoms with Gasteiger partial charge in [-0.25, -0.2) is 5.43 Å². The Labute approximate surface area is 214 Å². The first-order chi connectivity index (χ1) is 15.1. The van der Waals surface area contributed by atoms with Gasteiger partial charge in [-0.2, -0.15) is 5.10 Å². The number of halogens is 3. The number of benzene rings is 2. The van der Waals surface area contributed by atoms with Crippen molar-refractivity contribution in [3.05, 3.63) is 66.4 Å². The summed E-state index contributed by atoms with van der Waals surface area (Å²) in [5.41, 5.74) is 7.26. The second-order valence-electron chi connectivity index (χ2n) is 8.23. The number of carbonyl (C=O) groups excluding carboxylic acids is 1. The van der Waals surface area contributed by atoms with E-state index in [2.05, 4.69) is 87.7 Å². The largest absolute Gasteiger partial charge is 0.450 e. The quantitative estimate of drug-likeness (QED) is 0.189. The number of carbonyl (C=O) groups is 1. The van der Waals surface area contributed by atoms with E-state index in [4.69, 9.17) is 16.0 Å². The van der Waals surface area contributed by atoms with E-state index in [0.717, 1.165) is 36.8 Å². The topological polar surface area (TPSA) is 57.8 Å². The summed E-state index contributed by atoms with van der Waals surface area (Å²) in [4.78, 5) is 14.9. The van der Waals surface area contributed by atoms with E-state index < -0.39 is 5.91 Å². The van der Waals surface area contributed by atoms with Crippen molar-refractivity contribution in [3.8, 4) is 0 Å². The zero-order chi connectivity index (χ0) is 23.2. The number of rotatable bonds is 4. The molecule has 0 fully saturated rings. The van der Waals surface area contributed by atoms with E-state index in [0.29, 0.717) is 10.6 Å². The summed E-state index contributed by atoms with van der Waals surface area (Å²) in [7, 11) is 0. The van der Waals surface area contributed by atoms with E-state index in [1.165, 1.54) is 5.57 Å². The van der Waals surface area contributed by atoms with Gasteiger partial charge in [-0.05, 0) is 86.2 Å². The number of amides is 1. The highest BCUT2D eigenvalue weighted by atomic mass is 127. The third kappa shape index (κ3) is 4.34. The first-order valence-corrected chi connectivity index (χ1v) is 12.4. The van der Waals surface area contributed by atoms with Gasteiger partial charge in [-0.15, -0.1) is 0 Å². The molecule has 0 saturated carbocycles. The van der Waals surface area contributed by atoms with Gasteiger partial charge in [0, 0.05) is 33.2 Å². The number of hydrogen-bond donors (Lipinski definition) is 1. The maximum absolute atomic E-state index is 12.5. The van der Waals surface area contributed by atoms with Crippen LogP contribution in [0.4, 0.5) is 5.69 Å². The van der Waals surface area contributed by atoms with Crippen LogP contribution in [0, 0.1) is 3.57 Å². The van der Waals surface area contributed by atoms with Gasteiger partial charge >= 0.3 is 5.91 Å². The Balaban J connectivity index is 1.57. The van der Waals surface area contributed by atoms with Crippen LogP contribution in [-0.4, -0.2) is 24.2 Å². The van der Waals surface area contributed by atoms with Crippen LogP contribution in [0.1, 0.15) is 49.4 Å². The Bertz CT molecular complexity index is 1300. The molecule has 166 valence electrons. The number of allylic oxidation sites excluding steroid dienone is 1. The Morgan fingerprint density at radius 1 is 1.31 bits per heavy atom. The molecule has 1 amide bonds. The van der Waals surface area contributed by atoms with E-state index in [9.17, 15) is 4.79 Å². The second kappa shape index (κ2) is 8.83. The number of nitrogens with zero attached hydrogens (tertiary/aromatic N) is 2. The maximum Gasteiger partial charge on any atom is 0.307 e. The summed E-state index contributed by atoms with van der Waals surface area (Å²) in [5, 5.41) is 5.54. The van der Waals surface area contributed by atoms with E-state index in [-0.39, 0.29) is 11.3 Å². The lowest BCUT2D eigenvalue weighted by atomic mass is 9.88. The fraction of sp³-hybridized carbons (Fsp3) is 0.250. The molecular weight excluding hydrogens is 605 g/mol. The molecule has 0 saturated heterocycles. The van der Waals surface area contributed by atoms with Crippen molar-refractivity contribution in [2.24, 2.45) is 5.10 Å². The molecule has 0 spiro atoms. The van der Waals surface area contributed by atoms with Gasteiger partial charge in [0.15, 0.2) is 5.76 Å². The van der Waals surface area contributed by atoms with Gasteiger partial charge in [0.05, 0.1) is 20.3 Å². The minimum atomic E-state index is -0.423. The van der Waals surface area contributed by atoms with Gasteiger partial charge < -0.3 is 9.32 Å². The van der Waals surface area contributed by atoms with Crippen LogP contribution < -0.4 is 10.3 Å². The minimum absolute atomic E-state index is 0.0846. The van der Waals surface area contributed by atoms with Crippen molar-refractivity contribution in [2.45, 2.75) is 33.2 Å². The summed E-state index contributed by atoms with van der Waals surface area (Å²) in [6.07, 6.45) is 3.82. The number of anilines is 1. The summed E-state index contributed by atoms with van der Waals surface area (Å²) in [6, 6.07) is 9.53. The van der Waals surface area contributed by atoms with Gasteiger partial charge in [0.25, 0.3) is 0 Å². The summed E-state index contributed by atoms with van der Waals surface area (Å²) in [6.45, 7) is 9.50. The van der Waals surface area contributed by atoms with Gasteiger partial charge in [0.2, 0.25) is 0 Å². The van der Waals surface area contributed by atoms with Crippen LogP contribution in [0.25, 0.3) is 16.5 Å². The number of hydrogen-bond acceptors (Lipinski definition) is 4. The second-order valence-corrected chi connectivity index (χ2v) is 10.7. The maximum atomic E-state index is 12.5. The third-order valence-electron chi connectivity index (χ3n) is 5.54. The molecule has 0 bridgehead atoms. The smallest absolute Gasteiger partial charge is 0.307 e. The zero-order valence-electron chi connectivity index (χ0n) is 18.1. The average molecular weight is 627 g/mol. The van der Waals surface area contributed by atoms with Crippen molar-refractivity contribution in [1.82, 2.24) is 5.43 Å². The molecule has 0 aliphatic carbocycles. The Morgan fingerprint density at radius 3 is 2.78 bits per heavy atom. The van der Waals surface area contributed by atoms with Crippen LogP contribution in [0.5, 0.6) is 0 Å². The molecule has 1 aliphatic heterocycles. The molecule has 2 heterocycles.